The van der Waals surface area contributed by atoms with Gasteiger partial charge < -0.3 is 15.4 Å². The lowest BCUT2D eigenvalue weighted by Crippen LogP contribution is -2.59. The Bertz CT molecular complexity index is 2970. The second-order valence-corrected chi connectivity index (χ2v) is 37.5. The quantitative estimate of drug-likeness (QED) is 0.0258. The smallest absolute Gasteiger partial charge is 0.306 e. The highest BCUT2D eigenvalue weighted by molar-refractivity contribution is 8.00. The molecule has 11 rings (SSSR count). The molecule has 23 atom stereocenters. The molecule has 3 unspecified atom stereocenters. The zero-order chi connectivity index (χ0) is 64.5. The molecule has 0 bridgehead atoms. The van der Waals surface area contributed by atoms with Crippen molar-refractivity contribution in [2.24, 2.45) is 127 Å². The molecule has 90 heavy (non-hydrogen) atoms. The van der Waals surface area contributed by atoms with Crippen LogP contribution in [0.4, 0.5) is 0 Å². The van der Waals surface area contributed by atoms with Gasteiger partial charge in [-0.1, -0.05) is 54.9 Å². The molecule has 0 radical (unpaired) electrons. The second-order valence-electron chi connectivity index (χ2n) is 33.0. The highest BCUT2D eigenvalue weighted by Gasteiger charge is 2.71. The number of hydrogen-bond donors (Lipinski definition) is 4. The van der Waals surface area contributed by atoms with Crippen LogP contribution in [0, 0.1) is 116 Å². The van der Waals surface area contributed by atoms with Crippen LogP contribution in [0.3, 0.4) is 0 Å². The lowest BCUT2D eigenvalue weighted by molar-refractivity contribution is -0.194. The molecule has 3 heterocycles. The SMILES string of the molecule is CC(C(=O)CC(=O)C[C@H]1CC[C@]2(C)C(C1)CC1(N=N1)[C@@H]1[C@H]3CC[C@H]([C@@H](C)CCC(=O)NCCS(=O)(=O)O)[C@]3(C)CC[C@H]12)[C@@H]1CC[C@@]2(C)C(C1)C[C@H](OC(=O)CCCC[C@H]1SC[C@H]3NC(=O)C[C@H]31)[C@H]1[C@@H]3CC[C@H]([C@@H](C)CCC(=O)CCCS(=O)(=O)O)[C@@]3(C)CC[C@@H]12. The molecule has 8 aliphatic carbocycles. The Labute approximate surface area is 542 Å². The van der Waals surface area contributed by atoms with Gasteiger partial charge >= 0.3 is 5.97 Å². The zero-order valence-electron chi connectivity index (χ0n) is 55.3. The first-order valence-electron chi connectivity index (χ1n) is 35.7. The Kier molecular flexibility index (Phi) is 20.3. The van der Waals surface area contributed by atoms with E-state index in [4.69, 9.17) is 19.5 Å². The fourth-order valence-electron chi connectivity index (χ4n) is 23.5. The van der Waals surface area contributed by atoms with Crippen molar-refractivity contribution in [3.63, 3.8) is 0 Å². The van der Waals surface area contributed by atoms with Crippen LogP contribution in [-0.4, -0.2) is 108 Å². The van der Waals surface area contributed by atoms with Gasteiger partial charge in [0.1, 0.15) is 23.5 Å². The normalized spacial score (nSPS) is 41.4. The molecule has 4 N–H and O–H groups in total. The van der Waals surface area contributed by atoms with E-state index in [9.17, 15) is 50.2 Å². The van der Waals surface area contributed by atoms with Crippen molar-refractivity contribution in [3.05, 3.63) is 0 Å². The summed E-state index contributed by atoms with van der Waals surface area (Å²) in [5.41, 5.74) is -0.0387. The Morgan fingerprint density at radius 2 is 1.31 bits per heavy atom. The summed E-state index contributed by atoms with van der Waals surface area (Å²) in [6, 6.07) is 0.273. The molecule has 17 nitrogen and oxygen atoms in total. The maximum atomic E-state index is 14.5. The number of rotatable bonds is 27. The summed E-state index contributed by atoms with van der Waals surface area (Å²) in [6.45, 7) is 16.5. The molecule has 8 saturated carbocycles. The molecule has 506 valence electrons. The highest BCUT2D eigenvalue weighted by Crippen LogP contribution is 2.74. The molecule has 0 aromatic rings. The van der Waals surface area contributed by atoms with Crippen LogP contribution in [0.25, 0.3) is 0 Å². The van der Waals surface area contributed by atoms with Crippen molar-refractivity contribution in [1.29, 1.82) is 0 Å². The first-order chi connectivity index (χ1) is 42.4. The first kappa shape index (κ1) is 68.6. The number of thioether (sulfide) groups is 1. The van der Waals surface area contributed by atoms with Crippen LogP contribution in [0.5, 0.6) is 0 Å². The van der Waals surface area contributed by atoms with E-state index in [1.807, 2.05) is 11.8 Å². The summed E-state index contributed by atoms with van der Waals surface area (Å²) in [5.74, 6) is 5.18. The van der Waals surface area contributed by atoms with Gasteiger partial charge in [0.15, 0.2) is 5.66 Å². The minimum Gasteiger partial charge on any atom is -0.462 e. The van der Waals surface area contributed by atoms with Crippen LogP contribution in [0.15, 0.2) is 10.2 Å². The number of unbranched alkanes of at least 4 members (excludes halogenated alkanes) is 1. The Balaban J connectivity index is 0.692. The minimum atomic E-state index is -4.13. The highest BCUT2D eigenvalue weighted by atomic mass is 32.2. The Morgan fingerprint density at radius 1 is 0.689 bits per heavy atom. The van der Waals surface area contributed by atoms with E-state index in [0.717, 1.165) is 141 Å². The summed E-state index contributed by atoms with van der Waals surface area (Å²) in [5, 5.41) is 16.1. The lowest BCUT2D eigenvalue weighted by atomic mass is 9.42. The fraction of sp³-hybridized carbons (Fsp3) is 0.914. The van der Waals surface area contributed by atoms with E-state index in [-0.39, 0.29) is 130 Å². The van der Waals surface area contributed by atoms with Crippen LogP contribution >= 0.6 is 11.8 Å². The molecule has 2 saturated heterocycles. The third-order valence-corrected chi connectivity index (χ3v) is 31.5. The number of ether oxygens (including phenoxy) is 1. The number of Topliss-reactive ketones (excluding diaryl/α,β-unsaturated/α-hetero) is 3. The van der Waals surface area contributed by atoms with Gasteiger partial charge in [-0.15, -0.1) is 0 Å². The second kappa shape index (κ2) is 26.7. The third kappa shape index (κ3) is 14.1. The number of carbonyl (C=O) groups is 6. The van der Waals surface area contributed by atoms with E-state index in [0.29, 0.717) is 102 Å². The van der Waals surface area contributed by atoms with Crippen LogP contribution < -0.4 is 10.6 Å². The molecular formula is C70H110N4O13S3. The van der Waals surface area contributed by atoms with Crippen molar-refractivity contribution in [2.75, 3.05) is 23.8 Å². The van der Waals surface area contributed by atoms with Crippen molar-refractivity contribution in [3.8, 4) is 0 Å². The van der Waals surface area contributed by atoms with Gasteiger partial charge in [-0.3, -0.25) is 37.9 Å². The number of hydrogen-bond acceptors (Lipinski definition) is 14. The maximum absolute atomic E-state index is 14.5. The molecule has 0 aromatic heterocycles. The predicted octanol–water partition coefficient (Wildman–Crippen LogP) is 12.6. The fourth-order valence-corrected chi connectivity index (χ4v) is 26.0. The summed E-state index contributed by atoms with van der Waals surface area (Å²) >= 11 is 1.95. The predicted molar refractivity (Wildman–Crippen MR) is 346 cm³/mol. The van der Waals surface area contributed by atoms with Gasteiger partial charge in [0.25, 0.3) is 20.2 Å². The molecule has 3 aliphatic heterocycles. The van der Waals surface area contributed by atoms with Crippen molar-refractivity contribution >= 4 is 67.1 Å². The summed E-state index contributed by atoms with van der Waals surface area (Å²) in [7, 11) is -8.24. The molecule has 11 aliphatic rings. The van der Waals surface area contributed by atoms with E-state index in [1.54, 1.807) is 0 Å². The summed E-state index contributed by atoms with van der Waals surface area (Å²) in [6.07, 6.45) is 22.7. The summed E-state index contributed by atoms with van der Waals surface area (Å²) < 4.78 is 70.1. The Hall–Kier alpha value is -2.81. The van der Waals surface area contributed by atoms with E-state index in [2.05, 4.69) is 59.1 Å². The standard InChI is InChI=1S/C70H110N4O13S3/c1-41(14-16-48(75)11-10-31-89(81,82)83)51-17-19-53-64-54(24-28-68(51,53)6)66(4)27-23-45(35-46(66)36-59(64)87-63(80)13-9-8-12-60-50-38-62(79)72-57(50)40-88-60)43(3)58(77)37-49(76)34-44-22-26-67(5)47(33-44)39-70(73-74-70)65-55-20-18-52(69(55,7)29-25-56(65)67)42(2)15-21-61(78)71-30-32-90(84,85)86/h41-47,50-57,59-60,64-65H,8-40H2,1-7H3,(H,71,78)(H,72,79)(H,81,82,83)(H,84,85,86)/t41-,42-,43?,44-,45+,46?,47?,50+,51+,52+,53-,54-,55+,56+,57+,59-,60+,64-,65+,66-,67+,68+,69-/m0/s1. The minimum absolute atomic E-state index is 0.0153. The topological polar surface area (TPSA) is 269 Å². The third-order valence-electron chi connectivity index (χ3n) is 28.4. The van der Waals surface area contributed by atoms with Gasteiger partial charge in [-0.2, -0.15) is 38.8 Å². The largest absolute Gasteiger partial charge is 0.462 e. The average molecular weight is 1310 g/mol. The van der Waals surface area contributed by atoms with E-state index in [1.165, 1.54) is 0 Å². The molecule has 1 spiro atoms. The molecular weight excluding hydrogens is 1200 g/mol. The van der Waals surface area contributed by atoms with Crippen LogP contribution in [0.1, 0.15) is 235 Å². The molecule has 10 fully saturated rings. The number of nitrogens with one attached hydrogen (secondary N) is 2. The molecule has 20 heteroatoms. The molecule has 2 amide bonds. The average Bonchev–Trinajstić information content (AvgIpc) is 1.46. The van der Waals surface area contributed by atoms with Crippen molar-refractivity contribution in [1.82, 2.24) is 10.6 Å². The van der Waals surface area contributed by atoms with Gasteiger partial charge in [0.2, 0.25) is 11.8 Å². The first-order valence-corrected chi connectivity index (χ1v) is 40.0. The number of carbonyl (C=O) groups excluding carboxylic acids is 6. The van der Waals surface area contributed by atoms with Crippen molar-refractivity contribution < 1.29 is 59.4 Å². The number of nitrogens with zero attached hydrogens (tertiary/aromatic N) is 2. The van der Waals surface area contributed by atoms with E-state index < -0.39 is 31.7 Å². The zero-order valence-corrected chi connectivity index (χ0v) is 57.8. The van der Waals surface area contributed by atoms with Crippen LogP contribution in [-0.2, 0) is 53.7 Å². The lowest BCUT2D eigenvalue weighted by Gasteiger charge is -2.63. The maximum Gasteiger partial charge on any atom is 0.306 e. The van der Waals surface area contributed by atoms with Crippen LogP contribution in [0.2, 0.25) is 0 Å². The van der Waals surface area contributed by atoms with Crippen molar-refractivity contribution in [2.45, 2.75) is 258 Å². The number of esters is 1. The monoisotopic (exact) mass is 1310 g/mol. The number of fused-ring (bicyclic) bond motifs is 12. The number of amides is 2. The van der Waals surface area contributed by atoms with Gasteiger partial charge in [-0.25, -0.2) is 0 Å². The summed E-state index contributed by atoms with van der Waals surface area (Å²) in [4.78, 5) is 80.7. The van der Waals surface area contributed by atoms with E-state index >= 15 is 0 Å². The Morgan fingerprint density at radius 3 is 2.01 bits per heavy atom. The van der Waals surface area contributed by atoms with Gasteiger partial charge in [-0.05, 0) is 221 Å². The van der Waals surface area contributed by atoms with Gasteiger partial charge in [0.05, 0.1) is 17.9 Å². The van der Waals surface area contributed by atoms with Gasteiger partial charge in [0, 0.05) is 92.2 Å². The number of ketones is 3. The molecule has 0 aromatic carbocycles.